The molecule has 1 heterocycles. The van der Waals surface area contributed by atoms with Crippen molar-refractivity contribution < 1.29 is 23.8 Å². The molecular formula is C18H21NO6. The van der Waals surface area contributed by atoms with Crippen molar-refractivity contribution in [1.82, 2.24) is 5.32 Å². The van der Waals surface area contributed by atoms with Gasteiger partial charge in [0.1, 0.15) is 11.3 Å². The third-order valence-corrected chi connectivity index (χ3v) is 3.57. The summed E-state index contributed by atoms with van der Waals surface area (Å²) < 4.78 is 10.9. The van der Waals surface area contributed by atoms with Crippen molar-refractivity contribution in [1.29, 1.82) is 0 Å². The van der Waals surface area contributed by atoms with Gasteiger partial charge < -0.3 is 19.6 Å². The van der Waals surface area contributed by atoms with E-state index in [0.29, 0.717) is 23.1 Å². The maximum Gasteiger partial charge on any atom is 0.336 e. The van der Waals surface area contributed by atoms with Gasteiger partial charge in [-0.2, -0.15) is 0 Å². The number of hydrogen-bond acceptors (Lipinski definition) is 5. The molecule has 0 bridgehead atoms. The van der Waals surface area contributed by atoms with Crippen molar-refractivity contribution in [2.24, 2.45) is 0 Å². The van der Waals surface area contributed by atoms with E-state index in [1.54, 1.807) is 12.1 Å². The van der Waals surface area contributed by atoms with Gasteiger partial charge in [0.05, 0.1) is 11.8 Å². The summed E-state index contributed by atoms with van der Waals surface area (Å²) in [4.78, 5) is 34.0. The molecule has 0 saturated heterocycles. The van der Waals surface area contributed by atoms with E-state index in [1.807, 2.05) is 13.8 Å². The first-order chi connectivity index (χ1) is 11.9. The molecular weight excluding hydrogens is 326 g/mol. The van der Waals surface area contributed by atoms with Crippen LogP contribution in [0.2, 0.25) is 0 Å². The van der Waals surface area contributed by atoms with E-state index < -0.39 is 17.5 Å². The molecule has 0 aliphatic heterocycles. The first-order valence-corrected chi connectivity index (χ1v) is 8.09. The zero-order valence-corrected chi connectivity index (χ0v) is 14.3. The lowest BCUT2D eigenvalue weighted by Crippen LogP contribution is -2.30. The highest BCUT2D eigenvalue weighted by molar-refractivity contribution is 5.88. The summed E-state index contributed by atoms with van der Waals surface area (Å²) >= 11 is 0. The van der Waals surface area contributed by atoms with Gasteiger partial charge >= 0.3 is 11.6 Å². The topological polar surface area (TPSA) is 106 Å². The fourth-order valence-corrected chi connectivity index (χ4v) is 2.55. The number of benzene rings is 1. The largest absolute Gasteiger partial charge is 0.483 e. The van der Waals surface area contributed by atoms with Crippen LogP contribution in [0.3, 0.4) is 0 Å². The molecule has 0 aliphatic carbocycles. The van der Waals surface area contributed by atoms with Gasteiger partial charge in [-0.15, -0.1) is 0 Å². The van der Waals surface area contributed by atoms with Crippen LogP contribution in [0.15, 0.2) is 27.4 Å². The SMILES string of the molecule is CCCc1cc(=O)oc2cc(C)cc(OCC(=O)NCCC(=O)O)c12. The average molecular weight is 347 g/mol. The number of amides is 1. The maximum absolute atomic E-state index is 11.8. The Bertz CT molecular complexity index is 839. The lowest BCUT2D eigenvalue weighted by Gasteiger charge is -2.13. The summed E-state index contributed by atoms with van der Waals surface area (Å²) in [5, 5.41) is 11.7. The Hall–Kier alpha value is -2.83. The van der Waals surface area contributed by atoms with Crippen molar-refractivity contribution in [2.75, 3.05) is 13.2 Å². The minimum atomic E-state index is -0.981. The number of rotatable bonds is 8. The molecule has 2 rings (SSSR count). The monoisotopic (exact) mass is 347 g/mol. The zero-order chi connectivity index (χ0) is 18.4. The van der Waals surface area contributed by atoms with Crippen LogP contribution < -0.4 is 15.7 Å². The van der Waals surface area contributed by atoms with Gasteiger partial charge in [-0.25, -0.2) is 4.79 Å². The Morgan fingerprint density at radius 2 is 2.04 bits per heavy atom. The van der Waals surface area contributed by atoms with E-state index in [1.165, 1.54) is 6.07 Å². The number of aryl methyl sites for hydroxylation is 2. The quantitative estimate of drug-likeness (QED) is 0.708. The van der Waals surface area contributed by atoms with E-state index in [4.69, 9.17) is 14.3 Å². The number of fused-ring (bicyclic) bond motifs is 1. The summed E-state index contributed by atoms with van der Waals surface area (Å²) in [5.41, 5.74) is 1.66. The molecule has 134 valence electrons. The Morgan fingerprint density at radius 1 is 1.28 bits per heavy atom. The Morgan fingerprint density at radius 3 is 2.72 bits per heavy atom. The number of carbonyl (C=O) groups is 2. The predicted molar refractivity (Wildman–Crippen MR) is 92.0 cm³/mol. The van der Waals surface area contributed by atoms with E-state index in [-0.39, 0.29) is 19.6 Å². The first-order valence-electron chi connectivity index (χ1n) is 8.09. The lowest BCUT2D eigenvalue weighted by atomic mass is 10.0. The summed E-state index contributed by atoms with van der Waals surface area (Å²) in [6, 6.07) is 4.99. The van der Waals surface area contributed by atoms with Crippen molar-refractivity contribution in [3.63, 3.8) is 0 Å². The smallest absolute Gasteiger partial charge is 0.336 e. The highest BCUT2D eigenvalue weighted by Crippen LogP contribution is 2.30. The van der Waals surface area contributed by atoms with Crippen LogP contribution in [-0.4, -0.2) is 30.1 Å². The van der Waals surface area contributed by atoms with Crippen LogP contribution in [0, 0.1) is 6.92 Å². The Balaban J connectivity index is 2.23. The molecule has 1 amide bonds. The molecule has 0 aliphatic rings. The fourth-order valence-electron chi connectivity index (χ4n) is 2.55. The highest BCUT2D eigenvalue weighted by Gasteiger charge is 2.13. The second kappa shape index (κ2) is 8.32. The molecule has 0 unspecified atom stereocenters. The van der Waals surface area contributed by atoms with E-state index >= 15 is 0 Å². The molecule has 2 N–H and O–H groups in total. The standard InChI is InChI=1S/C18H21NO6/c1-3-4-12-9-17(23)25-14-8-11(2)7-13(18(12)14)24-10-15(20)19-6-5-16(21)22/h7-9H,3-6,10H2,1-2H3,(H,19,20)(H,21,22). The number of ether oxygens (including phenoxy) is 1. The molecule has 25 heavy (non-hydrogen) atoms. The number of hydrogen-bond donors (Lipinski definition) is 2. The molecule has 7 nitrogen and oxygen atoms in total. The molecule has 0 spiro atoms. The van der Waals surface area contributed by atoms with Gasteiger partial charge in [0.2, 0.25) is 0 Å². The molecule has 7 heteroatoms. The lowest BCUT2D eigenvalue weighted by molar-refractivity contribution is -0.137. The summed E-state index contributed by atoms with van der Waals surface area (Å²) in [6.07, 6.45) is 1.39. The van der Waals surface area contributed by atoms with Crippen LogP contribution in [0.4, 0.5) is 0 Å². The van der Waals surface area contributed by atoms with Gasteiger partial charge in [-0.1, -0.05) is 13.3 Å². The van der Waals surface area contributed by atoms with Crippen molar-refractivity contribution in [3.05, 3.63) is 39.7 Å². The summed E-state index contributed by atoms with van der Waals surface area (Å²) in [7, 11) is 0. The molecule has 2 aromatic rings. The van der Waals surface area contributed by atoms with Crippen LogP contribution >= 0.6 is 0 Å². The number of nitrogens with one attached hydrogen (secondary N) is 1. The second-order valence-electron chi connectivity index (χ2n) is 5.76. The van der Waals surface area contributed by atoms with Crippen molar-refractivity contribution >= 4 is 22.8 Å². The van der Waals surface area contributed by atoms with Gasteiger partial charge in [0, 0.05) is 12.6 Å². The van der Waals surface area contributed by atoms with Crippen molar-refractivity contribution in [2.45, 2.75) is 33.1 Å². The third kappa shape index (κ3) is 5.07. The van der Waals surface area contributed by atoms with Crippen molar-refractivity contribution in [3.8, 4) is 5.75 Å². The Kier molecular flexibility index (Phi) is 6.16. The molecule has 0 radical (unpaired) electrons. The number of carboxylic acid groups (broad SMARTS) is 1. The van der Waals surface area contributed by atoms with E-state index in [0.717, 1.165) is 17.5 Å². The molecule has 1 aromatic carbocycles. The fraction of sp³-hybridized carbons (Fsp3) is 0.389. The van der Waals surface area contributed by atoms with Gasteiger partial charge in [-0.05, 0) is 36.6 Å². The minimum Gasteiger partial charge on any atom is -0.483 e. The van der Waals surface area contributed by atoms with Crippen LogP contribution in [-0.2, 0) is 16.0 Å². The molecule has 0 fully saturated rings. The normalized spacial score (nSPS) is 10.6. The number of carbonyl (C=O) groups excluding carboxylic acids is 1. The average Bonchev–Trinajstić information content (AvgIpc) is 2.51. The maximum atomic E-state index is 11.8. The number of carboxylic acids is 1. The third-order valence-electron chi connectivity index (χ3n) is 3.57. The highest BCUT2D eigenvalue weighted by atomic mass is 16.5. The molecule has 1 aromatic heterocycles. The molecule has 0 atom stereocenters. The van der Waals surface area contributed by atoms with Gasteiger partial charge in [0.15, 0.2) is 6.61 Å². The number of aliphatic carboxylic acids is 1. The second-order valence-corrected chi connectivity index (χ2v) is 5.76. The van der Waals surface area contributed by atoms with Gasteiger partial charge in [0.25, 0.3) is 5.91 Å². The van der Waals surface area contributed by atoms with E-state index in [9.17, 15) is 14.4 Å². The summed E-state index contributed by atoms with van der Waals surface area (Å²) in [5.74, 6) is -0.925. The predicted octanol–water partition coefficient (Wildman–Crippen LogP) is 2.02. The van der Waals surface area contributed by atoms with Crippen LogP contribution in [0.1, 0.15) is 30.9 Å². The van der Waals surface area contributed by atoms with E-state index in [2.05, 4.69) is 5.32 Å². The minimum absolute atomic E-state index is 0.0437. The van der Waals surface area contributed by atoms with Crippen LogP contribution in [0.25, 0.3) is 11.0 Å². The van der Waals surface area contributed by atoms with Gasteiger partial charge in [-0.3, -0.25) is 9.59 Å². The van der Waals surface area contributed by atoms with Crippen LogP contribution in [0.5, 0.6) is 5.75 Å². The Labute approximate surface area is 144 Å². The zero-order valence-electron chi connectivity index (χ0n) is 14.3. The molecule has 0 saturated carbocycles. The first kappa shape index (κ1) is 18.5. The summed E-state index contributed by atoms with van der Waals surface area (Å²) in [6.45, 7) is 3.64.